The van der Waals surface area contributed by atoms with E-state index in [-0.39, 0.29) is 16.8 Å². The van der Waals surface area contributed by atoms with Crippen LogP contribution in [0.15, 0.2) is 6.20 Å². The monoisotopic (exact) mass is 532 g/mol. The molecule has 4 heterocycles. The Morgan fingerprint density at radius 1 is 1.35 bits per heavy atom. The van der Waals surface area contributed by atoms with E-state index in [4.69, 9.17) is 42.1 Å². The van der Waals surface area contributed by atoms with Crippen LogP contribution in [0.2, 0.25) is 10.0 Å². The van der Waals surface area contributed by atoms with Gasteiger partial charge in [-0.1, -0.05) is 34.5 Å². The van der Waals surface area contributed by atoms with E-state index >= 15 is 0 Å². The molecule has 4 rings (SSSR count). The molecule has 1 spiro atoms. The number of aromatic amines is 1. The molecular weight excluding hydrogens is 507 g/mol. The number of anilines is 1. The van der Waals surface area contributed by atoms with Crippen LogP contribution in [0.1, 0.15) is 39.2 Å². The zero-order valence-electron chi connectivity index (χ0n) is 19.0. The van der Waals surface area contributed by atoms with Gasteiger partial charge < -0.3 is 34.1 Å². The third kappa shape index (κ3) is 4.91. The number of nitrogens with zero attached hydrogens (tertiary/aromatic N) is 2. The van der Waals surface area contributed by atoms with Crippen molar-refractivity contribution in [3.8, 4) is 0 Å². The fourth-order valence-electron chi connectivity index (χ4n) is 4.05. The normalized spacial score (nSPS) is 24.9. The van der Waals surface area contributed by atoms with Crippen LogP contribution >= 0.6 is 34.5 Å². The van der Waals surface area contributed by atoms with Crippen molar-refractivity contribution in [2.24, 2.45) is 0 Å². The summed E-state index contributed by atoms with van der Waals surface area (Å²) in [6.07, 6.45) is 1.79. The Hall–Kier alpha value is -1.89. The number of rotatable bonds is 6. The van der Waals surface area contributed by atoms with E-state index < -0.39 is 23.7 Å². The highest BCUT2D eigenvalue weighted by atomic mass is 35.5. The van der Waals surface area contributed by atoms with E-state index in [9.17, 15) is 9.59 Å². The predicted molar refractivity (Wildman–Crippen MR) is 127 cm³/mol. The molecule has 0 aliphatic carbocycles. The van der Waals surface area contributed by atoms with Crippen molar-refractivity contribution >= 4 is 51.5 Å². The summed E-state index contributed by atoms with van der Waals surface area (Å²) in [5, 5.41) is 4.13. The van der Waals surface area contributed by atoms with E-state index in [1.165, 1.54) is 24.6 Å². The van der Waals surface area contributed by atoms with Gasteiger partial charge in [0.25, 0.3) is 5.91 Å². The van der Waals surface area contributed by atoms with Crippen LogP contribution in [0.3, 0.4) is 0 Å². The largest absolute Gasteiger partial charge is 0.465 e. The second-order valence-electron chi connectivity index (χ2n) is 8.00. The molecule has 186 valence electrons. The first kappa shape index (κ1) is 25.2. The van der Waals surface area contributed by atoms with E-state index in [0.717, 1.165) is 0 Å². The summed E-state index contributed by atoms with van der Waals surface area (Å²) < 4.78 is 22.9. The minimum absolute atomic E-state index is 0.170. The molecule has 1 amide bonds. The lowest BCUT2D eigenvalue weighted by Crippen LogP contribution is -2.68. The van der Waals surface area contributed by atoms with Crippen LogP contribution in [0.25, 0.3) is 0 Å². The Balaban J connectivity index is 1.55. The smallest absolute Gasteiger partial charge is 0.349 e. The second kappa shape index (κ2) is 10.4. The number of halogens is 2. The Morgan fingerprint density at radius 3 is 2.71 bits per heavy atom. The van der Waals surface area contributed by atoms with Gasteiger partial charge in [0.15, 0.2) is 5.13 Å². The van der Waals surface area contributed by atoms with Crippen molar-refractivity contribution in [1.82, 2.24) is 15.3 Å². The van der Waals surface area contributed by atoms with Gasteiger partial charge in [0, 0.05) is 18.8 Å². The summed E-state index contributed by atoms with van der Waals surface area (Å²) in [6, 6.07) is -0.475. The number of hydrogen-bond acceptors (Lipinski definition) is 9. The number of hydrogen-bond donors (Lipinski definition) is 2. The lowest BCUT2D eigenvalue weighted by molar-refractivity contribution is -0.307. The van der Waals surface area contributed by atoms with E-state index in [2.05, 4.69) is 15.3 Å². The number of nitrogens with one attached hydrogen (secondary N) is 2. The molecule has 34 heavy (non-hydrogen) atoms. The number of aromatic nitrogens is 2. The van der Waals surface area contributed by atoms with Crippen molar-refractivity contribution < 1.29 is 28.5 Å². The van der Waals surface area contributed by atoms with Gasteiger partial charge in [-0.15, -0.1) is 0 Å². The molecule has 2 aliphatic heterocycles. The van der Waals surface area contributed by atoms with Gasteiger partial charge in [-0.25, -0.2) is 9.78 Å². The molecule has 0 radical (unpaired) electrons. The van der Waals surface area contributed by atoms with Crippen molar-refractivity contribution in [1.29, 1.82) is 0 Å². The third-order valence-electron chi connectivity index (χ3n) is 5.80. The number of H-pyrrole nitrogens is 1. The summed E-state index contributed by atoms with van der Waals surface area (Å²) in [6.45, 7) is 5.66. The fourth-order valence-corrected chi connectivity index (χ4v) is 5.33. The first-order chi connectivity index (χ1) is 16.3. The lowest BCUT2D eigenvalue weighted by Gasteiger charge is -2.50. The summed E-state index contributed by atoms with van der Waals surface area (Å²) in [5.74, 6) is -1.99. The maximum absolute atomic E-state index is 13.1. The highest BCUT2D eigenvalue weighted by molar-refractivity contribution is 7.17. The summed E-state index contributed by atoms with van der Waals surface area (Å²) in [5.41, 5.74) is 0.795. The molecule has 0 bridgehead atoms. The molecule has 2 N–H and O–H groups in total. The Morgan fingerprint density at radius 2 is 2.09 bits per heavy atom. The average molecular weight is 533 g/mol. The molecule has 0 aromatic carbocycles. The molecule has 0 saturated carbocycles. The quantitative estimate of drug-likeness (QED) is 0.545. The molecule has 2 fully saturated rings. The predicted octanol–water partition coefficient (Wildman–Crippen LogP) is 3.03. The number of carbonyl (C=O) groups is 2. The highest BCUT2D eigenvalue weighted by Crippen LogP contribution is 2.36. The van der Waals surface area contributed by atoms with Gasteiger partial charge >= 0.3 is 5.97 Å². The van der Waals surface area contributed by atoms with Crippen molar-refractivity contribution in [3.05, 3.63) is 32.5 Å². The van der Waals surface area contributed by atoms with Gasteiger partial charge in [0.1, 0.15) is 16.7 Å². The van der Waals surface area contributed by atoms with Crippen LogP contribution in [-0.2, 0) is 18.9 Å². The fraction of sp³-hybridized carbons (Fsp3) is 0.571. The van der Waals surface area contributed by atoms with Crippen molar-refractivity contribution in [2.45, 2.75) is 38.2 Å². The van der Waals surface area contributed by atoms with E-state index in [1.54, 1.807) is 6.92 Å². The number of carbonyl (C=O) groups excluding carboxylic acids is 2. The maximum atomic E-state index is 13.1. The van der Waals surface area contributed by atoms with Crippen LogP contribution in [0.5, 0.6) is 0 Å². The molecule has 2 aromatic rings. The average Bonchev–Trinajstić information content (AvgIpc) is 3.43. The van der Waals surface area contributed by atoms with Gasteiger partial charge in [0.2, 0.25) is 5.79 Å². The first-order valence-corrected chi connectivity index (χ1v) is 12.4. The SMILES string of the molecule is CCOC1COC2(CN(c3ncc(C(=O)OC)s3)CCC2NC(=O)c2[nH]c(C)c(Cl)c2Cl)OC1. The zero-order valence-corrected chi connectivity index (χ0v) is 21.3. The van der Waals surface area contributed by atoms with Crippen LogP contribution in [0, 0.1) is 6.92 Å². The number of esters is 1. The summed E-state index contributed by atoms with van der Waals surface area (Å²) in [7, 11) is 1.33. The Bertz CT molecular complexity index is 1050. The van der Waals surface area contributed by atoms with Crippen LogP contribution in [-0.4, -0.2) is 79.8 Å². The number of aryl methyl sites for hydroxylation is 1. The molecule has 13 heteroatoms. The number of methoxy groups -OCH3 is 1. The highest BCUT2D eigenvalue weighted by Gasteiger charge is 2.50. The summed E-state index contributed by atoms with van der Waals surface area (Å²) >= 11 is 13.6. The van der Waals surface area contributed by atoms with Crippen LogP contribution in [0.4, 0.5) is 5.13 Å². The molecule has 1 atom stereocenters. The zero-order chi connectivity index (χ0) is 24.5. The minimum atomic E-state index is -1.14. The maximum Gasteiger partial charge on any atom is 0.349 e. The van der Waals surface area contributed by atoms with Gasteiger partial charge in [-0.2, -0.15) is 0 Å². The lowest BCUT2D eigenvalue weighted by atomic mass is 9.96. The molecule has 2 saturated heterocycles. The number of thiazole rings is 1. The molecule has 10 nitrogen and oxygen atoms in total. The molecular formula is C21H26Cl2N4O6S. The Labute approximate surface area is 210 Å². The molecule has 2 aliphatic rings. The van der Waals surface area contributed by atoms with E-state index in [1.807, 2.05) is 11.8 Å². The first-order valence-electron chi connectivity index (χ1n) is 10.8. The molecule has 1 unspecified atom stereocenters. The number of ether oxygens (including phenoxy) is 4. The van der Waals surface area contributed by atoms with Gasteiger partial charge in [-0.3, -0.25) is 4.79 Å². The van der Waals surface area contributed by atoms with Gasteiger partial charge in [0.05, 0.1) is 49.2 Å². The minimum Gasteiger partial charge on any atom is -0.465 e. The van der Waals surface area contributed by atoms with E-state index in [0.29, 0.717) is 60.1 Å². The molecule has 2 aromatic heterocycles. The van der Waals surface area contributed by atoms with Crippen LogP contribution < -0.4 is 10.2 Å². The third-order valence-corrected chi connectivity index (χ3v) is 7.78. The Kier molecular flexibility index (Phi) is 7.70. The van der Waals surface area contributed by atoms with Crippen molar-refractivity contribution in [2.75, 3.05) is 44.9 Å². The van der Waals surface area contributed by atoms with Gasteiger partial charge in [-0.05, 0) is 20.3 Å². The second-order valence-corrected chi connectivity index (χ2v) is 9.76. The summed E-state index contributed by atoms with van der Waals surface area (Å²) in [4.78, 5) is 34.6. The number of piperidine rings is 1. The number of amides is 1. The standard InChI is InChI=1S/C21H26Cl2N4O6S/c1-4-31-12-8-32-21(33-9-12)10-27(20-24-7-13(34-20)19(29)30-3)6-5-14(21)26-18(28)17-16(23)15(22)11(2)25-17/h7,12,14,25H,4-6,8-10H2,1-3H3,(H,26,28). The topological polar surface area (TPSA) is 115 Å². The van der Waals surface area contributed by atoms with Crippen molar-refractivity contribution in [3.63, 3.8) is 0 Å².